The SMILES string of the molecule is CC(=O)c1ccc(C(=O)Nc2ccc(-c3ccc(N)cc3)cc2)cc1. The Hall–Kier alpha value is -3.40. The van der Waals surface area contributed by atoms with Crippen molar-refractivity contribution in [3.63, 3.8) is 0 Å². The summed E-state index contributed by atoms with van der Waals surface area (Å²) in [6.07, 6.45) is 0. The van der Waals surface area contributed by atoms with Crippen molar-refractivity contribution in [1.82, 2.24) is 0 Å². The molecule has 0 aliphatic heterocycles. The summed E-state index contributed by atoms with van der Waals surface area (Å²) in [6.45, 7) is 1.50. The average Bonchev–Trinajstić information content (AvgIpc) is 2.63. The predicted molar refractivity (Wildman–Crippen MR) is 101 cm³/mol. The van der Waals surface area contributed by atoms with Crippen molar-refractivity contribution in [3.8, 4) is 11.1 Å². The molecule has 25 heavy (non-hydrogen) atoms. The smallest absolute Gasteiger partial charge is 0.255 e. The fraction of sp³-hybridized carbons (Fsp3) is 0.0476. The third kappa shape index (κ3) is 3.93. The molecule has 3 N–H and O–H groups in total. The highest BCUT2D eigenvalue weighted by Crippen LogP contribution is 2.22. The molecular formula is C21H18N2O2. The topological polar surface area (TPSA) is 72.2 Å². The van der Waals surface area contributed by atoms with Gasteiger partial charge >= 0.3 is 0 Å². The number of nitrogens with one attached hydrogen (secondary N) is 1. The average molecular weight is 330 g/mol. The summed E-state index contributed by atoms with van der Waals surface area (Å²) in [7, 11) is 0. The van der Waals surface area contributed by atoms with Gasteiger partial charge in [-0.05, 0) is 54.4 Å². The molecule has 0 aromatic heterocycles. The summed E-state index contributed by atoms with van der Waals surface area (Å²) in [5.74, 6) is -0.236. The third-order valence-corrected chi connectivity index (χ3v) is 3.94. The van der Waals surface area contributed by atoms with Gasteiger partial charge < -0.3 is 11.1 Å². The summed E-state index contributed by atoms with van der Waals surface area (Å²) in [5.41, 5.74) is 10.3. The highest BCUT2D eigenvalue weighted by atomic mass is 16.1. The van der Waals surface area contributed by atoms with Gasteiger partial charge in [0.15, 0.2) is 5.78 Å². The molecule has 0 unspecified atom stereocenters. The van der Waals surface area contributed by atoms with Gasteiger partial charge in [0, 0.05) is 22.5 Å². The second-order valence-corrected chi connectivity index (χ2v) is 5.79. The van der Waals surface area contributed by atoms with Crippen LogP contribution in [-0.4, -0.2) is 11.7 Å². The van der Waals surface area contributed by atoms with Crippen LogP contribution in [0.4, 0.5) is 11.4 Å². The number of Topliss-reactive ketones (excluding diaryl/α,β-unsaturated/α-hetero) is 1. The van der Waals surface area contributed by atoms with Crippen LogP contribution in [0.15, 0.2) is 72.8 Å². The van der Waals surface area contributed by atoms with E-state index < -0.39 is 0 Å². The van der Waals surface area contributed by atoms with E-state index in [1.807, 2.05) is 48.5 Å². The monoisotopic (exact) mass is 330 g/mol. The van der Waals surface area contributed by atoms with E-state index in [2.05, 4.69) is 5.32 Å². The van der Waals surface area contributed by atoms with Gasteiger partial charge in [0.1, 0.15) is 0 Å². The van der Waals surface area contributed by atoms with Gasteiger partial charge in [0.05, 0.1) is 0 Å². The van der Waals surface area contributed by atoms with Crippen LogP contribution in [0.2, 0.25) is 0 Å². The maximum atomic E-state index is 12.3. The molecule has 0 aliphatic rings. The van der Waals surface area contributed by atoms with Crippen LogP contribution < -0.4 is 11.1 Å². The Balaban J connectivity index is 1.71. The first-order valence-electron chi connectivity index (χ1n) is 7.91. The number of carbonyl (C=O) groups excluding carboxylic acids is 2. The molecule has 1 amide bonds. The van der Waals surface area contributed by atoms with E-state index in [0.29, 0.717) is 16.8 Å². The van der Waals surface area contributed by atoms with E-state index in [9.17, 15) is 9.59 Å². The lowest BCUT2D eigenvalue weighted by Crippen LogP contribution is -2.11. The lowest BCUT2D eigenvalue weighted by atomic mass is 10.0. The van der Waals surface area contributed by atoms with Crippen molar-refractivity contribution < 1.29 is 9.59 Å². The molecule has 0 aliphatic carbocycles. The fourth-order valence-corrected chi connectivity index (χ4v) is 2.48. The Kier molecular flexibility index (Phi) is 4.61. The minimum atomic E-state index is -0.213. The molecule has 0 heterocycles. The van der Waals surface area contributed by atoms with E-state index >= 15 is 0 Å². The number of amides is 1. The van der Waals surface area contributed by atoms with E-state index in [1.54, 1.807) is 24.3 Å². The number of hydrogen-bond acceptors (Lipinski definition) is 3. The minimum Gasteiger partial charge on any atom is -0.399 e. The van der Waals surface area contributed by atoms with Gasteiger partial charge in [-0.3, -0.25) is 9.59 Å². The normalized spacial score (nSPS) is 10.3. The molecule has 3 aromatic carbocycles. The van der Waals surface area contributed by atoms with Crippen LogP contribution in [0.1, 0.15) is 27.6 Å². The zero-order valence-electron chi connectivity index (χ0n) is 13.8. The summed E-state index contributed by atoms with van der Waals surface area (Å²) in [4.78, 5) is 23.6. The Morgan fingerprint density at radius 3 is 1.72 bits per heavy atom. The first kappa shape index (κ1) is 16.5. The quantitative estimate of drug-likeness (QED) is 0.550. The largest absolute Gasteiger partial charge is 0.399 e. The van der Waals surface area contributed by atoms with E-state index in [-0.39, 0.29) is 11.7 Å². The molecule has 0 bridgehead atoms. The van der Waals surface area contributed by atoms with Crippen LogP contribution in [-0.2, 0) is 0 Å². The molecular weight excluding hydrogens is 312 g/mol. The number of hydrogen-bond donors (Lipinski definition) is 2. The molecule has 0 fully saturated rings. The summed E-state index contributed by atoms with van der Waals surface area (Å²) in [6, 6.07) is 21.8. The fourth-order valence-electron chi connectivity index (χ4n) is 2.48. The predicted octanol–water partition coefficient (Wildman–Crippen LogP) is 4.39. The standard InChI is InChI=1S/C21H18N2O2/c1-14(24)15-2-4-18(5-3-15)21(25)23-20-12-8-17(9-13-20)16-6-10-19(22)11-7-16/h2-13H,22H2,1H3,(H,23,25). The Morgan fingerprint density at radius 1 is 0.720 bits per heavy atom. The number of ketones is 1. The van der Waals surface area contributed by atoms with Crippen molar-refractivity contribution in [2.45, 2.75) is 6.92 Å². The number of carbonyl (C=O) groups is 2. The molecule has 0 atom stereocenters. The molecule has 3 rings (SSSR count). The van der Waals surface area contributed by atoms with Gasteiger partial charge in [0.25, 0.3) is 5.91 Å². The third-order valence-electron chi connectivity index (χ3n) is 3.94. The molecule has 0 spiro atoms. The van der Waals surface area contributed by atoms with Gasteiger partial charge in [-0.2, -0.15) is 0 Å². The number of nitrogens with two attached hydrogens (primary N) is 1. The minimum absolute atomic E-state index is 0.0229. The molecule has 4 heteroatoms. The van der Waals surface area contributed by atoms with Crippen molar-refractivity contribution in [2.75, 3.05) is 11.1 Å². The van der Waals surface area contributed by atoms with Gasteiger partial charge in [-0.15, -0.1) is 0 Å². The van der Waals surface area contributed by atoms with Crippen LogP contribution in [0, 0.1) is 0 Å². The second-order valence-electron chi connectivity index (χ2n) is 5.79. The first-order valence-corrected chi connectivity index (χ1v) is 7.91. The van der Waals surface area contributed by atoms with Crippen molar-refractivity contribution >= 4 is 23.1 Å². The molecule has 4 nitrogen and oxygen atoms in total. The lowest BCUT2D eigenvalue weighted by Gasteiger charge is -2.07. The van der Waals surface area contributed by atoms with Crippen LogP contribution >= 0.6 is 0 Å². The van der Waals surface area contributed by atoms with E-state index in [1.165, 1.54) is 6.92 Å². The van der Waals surface area contributed by atoms with Gasteiger partial charge in [0.2, 0.25) is 0 Å². The summed E-state index contributed by atoms with van der Waals surface area (Å²) < 4.78 is 0. The molecule has 3 aromatic rings. The van der Waals surface area contributed by atoms with Crippen LogP contribution in [0.5, 0.6) is 0 Å². The first-order chi connectivity index (χ1) is 12.0. The number of nitrogen functional groups attached to an aromatic ring is 1. The second kappa shape index (κ2) is 7.01. The summed E-state index contributed by atoms with van der Waals surface area (Å²) >= 11 is 0. The van der Waals surface area contributed by atoms with E-state index in [4.69, 9.17) is 5.73 Å². The lowest BCUT2D eigenvalue weighted by molar-refractivity contribution is 0.101. The number of anilines is 2. The Morgan fingerprint density at radius 2 is 1.20 bits per heavy atom. The van der Waals surface area contributed by atoms with Crippen molar-refractivity contribution in [2.24, 2.45) is 0 Å². The van der Waals surface area contributed by atoms with Gasteiger partial charge in [-0.1, -0.05) is 36.4 Å². The van der Waals surface area contributed by atoms with Crippen molar-refractivity contribution in [1.29, 1.82) is 0 Å². The highest BCUT2D eigenvalue weighted by Gasteiger charge is 2.07. The molecule has 0 saturated heterocycles. The Bertz CT molecular complexity index is 896. The van der Waals surface area contributed by atoms with Gasteiger partial charge in [-0.25, -0.2) is 0 Å². The Labute approximate surface area is 146 Å². The zero-order chi connectivity index (χ0) is 17.8. The number of rotatable bonds is 4. The number of benzene rings is 3. The zero-order valence-corrected chi connectivity index (χ0v) is 13.8. The molecule has 0 radical (unpaired) electrons. The van der Waals surface area contributed by atoms with Crippen LogP contribution in [0.3, 0.4) is 0 Å². The highest BCUT2D eigenvalue weighted by molar-refractivity contribution is 6.05. The summed E-state index contributed by atoms with van der Waals surface area (Å²) in [5, 5.41) is 2.85. The van der Waals surface area contributed by atoms with Crippen molar-refractivity contribution in [3.05, 3.63) is 83.9 Å². The van der Waals surface area contributed by atoms with E-state index in [0.717, 1.165) is 16.8 Å². The molecule has 124 valence electrons. The van der Waals surface area contributed by atoms with Crippen LogP contribution in [0.25, 0.3) is 11.1 Å². The maximum Gasteiger partial charge on any atom is 0.255 e. The molecule has 0 saturated carbocycles. The maximum absolute atomic E-state index is 12.3.